The van der Waals surface area contributed by atoms with Crippen molar-refractivity contribution < 1.29 is 4.79 Å². The molecule has 4 nitrogen and oxygen atoms in total. The second kappa shape index (κ2) is 6.37. The molecule has 4 heteroatoms. The molecule has 1 aromatic carbocycles. The van der Waals surface area contributed by atoms with Crippen LogP contribution in [0.3, 0.4) is 0 Å². The fourth-order valence-electron chi connectivity index (χ4n) is 2.99. The molecule has 0 aliphatic carbocycles. The Morgan fingerprint density at radius 2 is 1.95 bits per heavy atom. The maximum atomic E-state index is 12.7. The summed E-state index contributed by atoms with van der Waals surface area (Å²) >= 11 is 0. The quantitative estimate of drug-likeness (QED) is 0.891. The summed E-state index contributed by atoms with van der Waals surface area (Å²) in [7, 11) is 4.08. The summed E-state index contributed by atoms with van der Waals surface area (Å²) in [6, 6.07) is 9.99. The zero-order valence-electron chi connectivity index (χ0n) is 12.8. The molecule has 0 aromatic heterocycles. The standard InChI is InChI=1S/C16H25N3O/c1-5-14-17-15(13-9-7-6-8-10-13)16(20)19(14)12(2)11-18(3)4/h6-10,12,14-15,17H,5,11H2,1-4H3. The van der Waals surface area contributed by atoms with Crippen molar-refractivity contribution in [2.75, 3.05) is 20.6 Å². The monoisotopic (exact) mass is 275 g/mol. The molecule has 1 N–H and O–H groups in total. The van der Waals surface area contributed by atoms with Crippen LogP contribution in [-0.2, 0) is 4.79 Å². The van der Waals surface area contributed by atoms with Crippen LogP contribution in [-0.4, -0.2) is 48.6 Å². The number of rotatable bonds is 5. The molecule has 0 bridgehead atoms. The predicted molar refractivity (Wildman–Crippen MR) is 81.3 cm³/mol. The van der Waals surface area contributed by atoms with E-state index < -0.39 is 0 Å². The molecule has 0 saturated carbocycles. The van der Waals surface area contributed by atoms with Crippen LogP contribution in [0.4, 0.5) is 0 Å². The van der Waals surface area contributed by atoms with Gasteiger partial charge in [-0.1, -0.05) is 37.3 Å². The van der Waals surface area contributed by atoms with Crippen molar-refractivity contribution in [1.82, 2.24) is 15.1 Å². The number of hydrogen-bond acceptors (Lipinski definition) is 3. The Kier molecular flexibility index (Phi) is 4.78. The third-order valence-electron chi connectivity index (χ3n) is 3.82. The van der Waals surface area contributed by atoms with E-state index in [1.807, 2.05) is 49.3 Å². The number of carbonyl (C=O) groups is 1. The van der Waals surface area contributed by atoms with E-state index in [-0.39, 0.29) is 24.2 Å². The van der Waals surface area contributed by atoms with Gasteiger partial charge in [0.05, 0.1) is 6.17 Å². The van der Waals surface area contributed by atoms with E-state index in [1.54, 1.807) is 0 Å². The molecule has 1 heterocycles. The SMILES string of the molecule is CCC1NC(c2ccccc2)C(=O)N1C(C)CN(C)C. The molecule has 2 rings (SSSR count). The highest BCUT2D eigenvalue weighted by Gasteiger charge is 2.40. The predicted octanol–water partition coefficient (Wildman–Crippen LogP) is 1.85. The molecule has 110 valence electrons. The van der Waals surface area contributed by atoms with Crippen LogP contribution in [0.5, 0.6) is 0 Å². The van der Waals surface area contributed by atoms with Crippen LogP contribution in [0, 0.1) is 0 Å². The minimum Gasteiger partial charge on any atom is -0.322 e. The van der Waals surface area contributed by atoms with Crippen LogP contribution in [0.2, 0.25) is 0 Å². The Labute approximate surface area is 121 Å². The van der Waals surface area contributed by atoms with E-state index in [9.17, 15) is 4.79 Å². The fourth-order valence-corrected chi connectivity index (χ4v) is 2.99. The summed E-state index contributed by atoms with van der Waals surface area (Å²) < 4.78 is 0. The third-order valence-corrected chi connectivity index (χ3v) is 3.82. The van der Waals surface area contributed by atoms with Gasteiger partial charge in [-0.25, -0.2) is 0 Å². The first kappa shape index (κ1) is 15.0. The number of nitrogens with zero attached hydrogens (tertiary/aromatic N) is 2. The molecule has 1 saturated heterocycles. The lowest BCUT2D eigenvalue weighted by Gasteiger charge is -2.31. The summed E-state index contributed by atoms with van der Waals surface area (Å²) in [5.41, 5.74) is 1.05. The van der Waals surface area contributed by atoms with Crippen LogP contribution in [0.1, 0.15) is 31.9 Å². The van der Waals surface area contributed by atoms with Gasteiger partial charge in [0.2, 0.25) is 5.91 Å². The highest BCUT2D eigenvalue weighted by Crippen LogP contribution is 2.27. The van der Waals surface area contributed by atoms with E-state index in [0.29, 0.717) is 0 Å². The molecule has 20 heavy (non-hydrogen) atoms. The summed E-state index contributed by atoms with van der Waals surface area (Å²) in [6.45, 7) is 5.12. The van der Waals surface area contributed by atoms with Crippen molar-refractivity contribution in [3.05, 3.63) is 35.9 Å². The van der Waals surface area contributed by atoms with E-state index in [0.717, 1.165) is 18.5 Å². The molecule has 3 atom stereocenters. The van der Waals surface area contributed by atoms with Gasteiger partial charge in [-0.15, -0.1) is 0 Å². The second-order valence-corrected chi connectivity index (χ2v) is 5.79. The number of carbonyl (C=O) groups excluding carboxylic acids is 1. The fraction of sp³-hybridized carbons (Fsp3) is 0.562. The van der Waals surface area contributed by atoms with E-state index in [1.165, 1.54) is 0 Å². The lowest BCUT2D eigenvalue weighted by Crippen LogP contribution is -2.47. The van der Waals surface area contributed by atoms with Crippen molar-refractivity contribution in [1.29, 1.82) is 0 Å². The Bertz CT molecular complexity index is 446. The van der Waals surface area contributed by atoms with Crippen molar-refractivity contribution >= 4 is 5.91 Å². The summed E-state index contributed by atoms with van der Waals surface area (Å²) in [5, 5.41) is 3.47. The average Bonchev–Trinajstić information content (AvgIpc) is 2.76. The topological polar surface area (TPSA) is 35.6 Å². The summed E-state index contributed by atoms with van der Waals surface area (Å²) in [4.78, 5) is 16.9. The zero-order chi connectivity index (χ0) is 14.7. The van der Waals surface area contributed by atoms with Crippen LogP contribution < -0.4 is 5.32 Å². The normalized spacial score (nSPS) is 24.4. The Hall–Kier alpha value is -1.39. The van der Waals surface area contributed by atoms with Crippen molar-refractivity contribution in [3.8, 4) is 0 Å². The van der Waals surface area contributed by atoms with Gasteiger partial charge in [-0.05, 0) is 33.0 Å². The minimum atomic E-state index is -0.203. The molecule has 0 radical (unpaired) electrons. The lowest BCUT2D eigenvalue weighted by atomic mass is 10.1. The first-order chi connectivity index (χ1) is 9.54. The first-order valence-corrected chi connectivity index (χ1v) is 7.32. The van der Waals surface area contributed by atoms with Gasteiger partial charge in [-0.2, -0.15) is 0 Å². The second-order valence-electron chi connectivity index (χ2n) is 5.79. The largest absolute Gasteiger partial charge is 0.322 e. The highest BCUT2D eigenvalue weighted by atomic mass is 16.2. The van der Waals surface area contributed by atoms with Crippen LogP contribution >= 0.6 is 0 Å². The molecule has 1 aliphatic rings. The van der Waals surface area contributed by atoms with Gasteiger partial charge >= 0.3 is 0 Å². The van der Waals surface area contributed by atoms with Gasteiger partial charge in [-0.3, -0.25) is 10.1 Å². The molecular weight excluding hydrogens is 250 g/mol. The average molecular weight is 275 g/mol. The molecule has 3 unspecified atom stereocenters. The van der Waals surface area contributed by atoms with Crippen molar-refractivity contribution in [2.45, 2.75) is 38.5 Å². The van der Waals surface area contributed by atoms with Gasteiger partial charge in [0.1, 0.15) is 6.04 Å². The molecule has 0 spiro atoms. The Balaban J connectivity index is 2.19. The van der Waals surface area contributed by atoms with E-state index in [4.69, 9.17) is 0 Å². The number of hydrogen-bond donors (Lipinski definition) is 1. The Morgan fingerprint density at radius 1 is 1.30 bits per heavy atom. The number of nitrogens with one attached hydrogen (secondary N) is 1. The van der Waals surface area contributed by atoms with Gasteiger partial charge in [0.25, 0.3) is 0 Å². The first-order valence-electron chi connectivity index (χ1n) is 7.32. The highest BCUT2D eigenvalue weighted by molar-refractivity contribution is 5.86. The lowest BCUT2D eigenvalue weighted by molar-refractivity contribution is -0.132. The summed E-state index contributed by atoms with van der Waals surface area (Å²) in [6.07, 6.45) is 1.05. The summed E-state index contributed by atoms with van der Waals surface area (Å²) in [5.74, 6) is 0.192. The molecule has 1 fully saturated rings. The van der Waals surface area contributed by atoms with Crippen molar-refractivity contribution in [2.24, 2.45) is 0 Å². The molecular formula is C16H25N3O. The van der Waals surface area contributed by atoms with E-state index >= 15 is 0 Å². The van der Waals surface area contributed by atoms with Crippen molar-refractivity contribution in [3.63, 3.8) is 0 Å². The maximum absolute atomic E-state index is 12.7. The minimum absolute atomic E-state index is 0.127. The van der Waals surface area contributed by atoms with Crippen LogP contribution in [0.25, 0.3) is 0 Å². The number of amides is 1. The van der Waals surface area contributed by atoms with Gasteiger partial charge in [0, 0.05) is 12.6 Å². The van der Waals surface area contributed by atoms with E-state index in [2.05, 4.69) is 24.1 Å². The molecule has 1 aromatic rings. The zero-order valence-corrected chi connectivity index (χ0v) is 12.8. The smallest absolute Gasteiger partial charge is 0.245 e. The van der Waals surface area contributed by atoms with Crippen LogP contribution in [0.15, 0.2) is 30.3 Å². The van der Waals surface area contributed by atoms with Gasteiger partial charge < -0.3 is 9.80 Å². The number of likely N-dealkylation sites (N-methyl/N-ethyl adjacent to an activating group) is 1. The molecule has 1 aliphatic heterocycles. The maximum Gasteiger partial charge on any atom is 0.245 e. The number of benzene rings is 1. The van der Waals surface area contributed by atoms with Gasteiger partial charge in [0.15, 0.2) is 0 Å². The third kappa shape index (κ3) is 3.02. The molecule has 1 amide bonds. The Morgan fingerprint density at radius 3 is 2.50 bits per heavy atom.